The van der Waals surface area contributed by atoms with Crippen molar-refractivity contribution in [2.24, 2.45) is 0 Å². The summed E-state index contributed by atoms with van der Waals surface area (Å²) in [6.45, 7) is 3.57. The number of rotatable bonds is 5. The Kier molecular flexibility index (Phi) is 4.93. The molecule has 0 bridgehead atoms. The van der Waals surface area contributed by atoms with Crippen LogP contribution in [-0.2, 0) is 6.42 Å². The Labute approximate surface area is 145 Å². The molecule has 1 unspecified atom stereocenters. The van der Waals surface area contributed by atoms with Crippen molar-refractivity contribution in [1.82, 2.24) is 10.5 Å². The van der Waals surface area contributed by atoms with Gasteiger partial charge in [-0.1, -0.05) is 53.7 Å². The molecule has 4 nitrogen and oxygen atoms in total. The molecule has 2 aromatic carbocycles. The van der Waals surface area contributed by atoms with Crippen LogP contribution in [0.4, 0.5) is 4.39 Å². The van der Waals surface area contributed by atoms with Crippen LogP contribution < -0.4 is 5.32 Å². The molecule has 0 aliphatic carbocycles. The van der Waals surface area contributed by atoms with Crippen molar-refractivity contribution in [2.75, 3.05) is 0 Å². The minimum absolute atomic E-state index is 0.234. The minimum Gasteiger partial charge on any atom is -0.355 e. The van der Waals surface area contributed by atoms with Crippen molar-refractivity contribution in [3.63, 3.8) is 0 Å². The molecule has 128 valence electrons. The van der Waals surface area contributed by atoms with Crippen LogP contribution in [0.5, 0.6) is 0 Å². The summed E-state index contributed by atoms with van der Waals surface area (Å²) in [5.74, 6) is -0.107. The Bertz CT molecular complexity index is 874. The molecule has 3 rings (SSSR count). The number of carbonyl (C=O) groups is 1. The Hall–Kier alpha value is -2.95. The van der Waals surface area contributed by atoms with Crippen LogP contribution in [0.1, 0.15) is 28.5 Å². The average Bonchev–Trinajstić information content (AvgIpc) is 2.99. The highest BCUT2D eigenvalue weighted by Crippen LogP contribution is 2.26. The number of carbonyl (C=O) groups excluding carboxylic acids is 1. The first kappa shape index (κ1) is 16.9. The van der Waals surface area contributed by atoms with Crippen LogP contribution in [0, 0.1) is 12.7 Å². The molecule has 1 amide bonds. The first-order valence-electron chi connectivity index (χ1n) is 8.12. The molecule has 0 spiro atoms. The lowest BCUT2D eigenvalue weighted by Gasteiger charge is -2.14. The molecule has 25 heavy (non-hydrogen) atoms. The number of aryl methyl sites for hydroxylation is 1. The van der Waals surface area contributed by atoms with Gasteiger partial charge in [0.15, 0.2) is 5.76 Å². The summed E-state index contributed by atoms with van der Waals surface area (Å²) in [6, 6.07) is 15.7. The smallest absolute Gasteiger partial charge is 0.257 e. The maximum atomic E-state index is 13.8. The summed E-state index contributed by atoms with van der Waals surface area (Å²) in [6.07, 6.45) is 0.406. The summed E-state index contributed by atoms with van der Waals surface area (Å²) in [4.78, 5) is 12.7. The zero-order valence-electron chi connectivity index (χ0n) is 14.1. The van der Waals surface area contributed by atoms with Crippen LogP contribution in [0.2, 0.25) is 0 Å². The normalized spacial score (nSPS) is 12.0. The average molecular weight is 338 g/mol. The standard InChI is InChI=1S/C20H19FN2O2/c1-13(12-16-10-6-7-11-17(16)21)22-20(24)18-14(2)23-25-19(18)15-8-4-3-5-9-15/h3-11,13H,12H2,1-2H3,(H,22,24). The summed E-state index contributed by atoms with van der Waals surface area (Å²) in [7, 11) is 0. The van der Waals surface area contributed by atoms with Gasteiger partial charge in [-0.15, -0.1) is 0 Å². The highest BCUT2D eigenvalue weighted by Gasteiger charge is 2.23. The van der Waals surface area contributed by atoms with Gasteiger partial charge in [-0.05, 0) is 31.9 Å². The van der Waals surface area contributed by atoms with E-state index >= 15 is 0 Å². The fourth-order valence-electron chi connectivity index (χ4n) is 2.76. The Morgan fingerprint density at radius 1 is 1.16 bits per heavy atom. The van der Waals surface area contributed by atoms with Crippen molar-refractivity contribution in [1.29, 1.82) is 0 Å². The van der Waals surface area contributed by atoms with E-state index in [2.05, 4.69) is 10.5 Å². The summed E-state index contributed by atoms with van der Waals surface area (Å²) >= 11 is 0. The van der Waals surface area contributed by atoms with Gasteiger partial charge in [0.25, 0.3) is 5.91 Å². The lowest BCUT2D eigenvalue weighted by atomic mass is 10.0. The number of hydrogen-bond acceptors (Lipinski definition) is 3. The van der Waals surface area contributed by atoms with Crippen molar-refractivity contribution in [3.05, 3.63) is 77.2 Å². The van der Waals surface area contributed by atoms with Crippen LogP contribution >= 0.6 is 0 Å². The van der Waals surface area contributed by atoms with Gasteiger partial charge in [0.2, 0.25) is 0 Å². The third kappa shape index (κ3) is 3.76. The number of aromatic nitrogens is 1. The number of benzene rings is 2. The number of hydrogen-bond donors (Lipinski definition) is 1. The molecule has 0 radical (unpaired) electrons. The van der Waals surface area contributed by atoms with Crippen LogP contribution in [0.3, 0.4) is 0 Å². The van der Waals surface area contributed by atoms with Gasteiger partial charge >= 0.3 is 0 Å². The first-order chi connectivity index (χ1) is 12.1. The van der Waals surface area contributed by atoms with E-state index in [-0.39, 0.29) is 17.8 Å². The van der Waals surface area contributed by atoms with E-state index in [9.17, 15) is 9.18 Å². The second kappa shape index (κ2) is 7.30. The summed E-state index contributed by atoms with van der Waals surface area (Å²) in [5.41, 5.74) is 2.29. The van der Waals surface area contributed by atoms with Gasteiger partial charge < -0.3 is 9.84 Å². The molecule has 1 heterocycles. The fourth-order valence-corrected chi connectivity index (χ4v) is 2.76. The second-order valence-corrected chi connectivity index (χ2v) is 6.01. The SMILES string of the molecule is Cc1noc(-c2ccccc2)c1C(=O)NC(C)Cc1ccccc1F. The van der Waals surface area contributed by atoms with E-state index < -0.39 is 0 Å². The predicted molar refractivity (Wildman–Crippen MR) is 93.7 cm³/mol. The molecule has 0 saturated carbocycles. The lowest BCUT2D eigenvalue weighted by Crippen LogP contribution is -2.34. The zero-order chi connectivity index (χ0) is 17.8. The fraction of sp³-hybridized carbons (Fsp3) is 0.200. The van der Waals surface area contributed by atoms with Gasteiger partial charge in [0, 0.05) is 11.6 Å². The third-order valence-corrected chi connectivity index (χ3v) is 3.99. The quantitative estimate of drug-likeness (QED) is 0.760. The molecular formula is C20H19FN2O2. The van der Waals surface area contributed by atoms with E-state index in [1.54, 1.807) is 25.1 Å². The largest absolute Gasteiger partial charge is 0.355 e. The number of amides is 1. The van der Waals surface area contributed by atoms with E-state index in [4.69, 9.17) is 4.52 Å². The molecule has 1 N–H and O–H groups in total. The van der Waals surface area contributed by atoms with Gasteiger partial charge in [0.05, 0.1) is 5.69 Å². The Morgan fingerprint density at radius 2 is 1.84 bits per heavy atom. The van der Waals surface area contributed by atoms with Crippen molar-refractivity contribution in [3.8, 4) is 11.3 Å². The van der Waals surface area contributed by atoms with Gasteiger partial charge in [-0.2, -0.15) is 0 Å². The van der Waals surface area contributed by atoms with E-state index in [1.165, 1.54) is 6.07 Å². The lowest BCUT2D eigenvalue weighted by molar-refractivity contribution is 0.0939. The highest BCUT2D eigenvalue weighted by molar-refractivity contribution is 6.00. The molecule has 1 aromatic heterocycles. The van der Waals surface area contributed by atoms with Crippen molar-refractivity contribution < 1.29 is 13.7 Å². The Balaban J connectivity index is 1.78. The van der Waals surface area contributed by atoms with Crippen LogP contribution in [-0.4, -0.2) is 17.1 Å². The topological polar surface area (TPSA) is 55.1 Å². The predicted octanol–water partition coefficient (Wildman–Crippen LogP) is 4.15. The number of halogens is 1. The maximum absolute atomic E-state index is 13.8. The first-order valence-corrected chi connectivity index (χ1v) is 8.12. The highest BCUT2D eigenvalue weighted by atomic mass is 19.1. The molecule has 3 aromatic rings. The zero-order valence-corrected chi connectivity index (χ0v) is 14.1. The number of nitrogens with zero attached hydrogens (tertiary/aromatic N) is 1. The minimum atomic E-state index is -0.276. The van der Waals surface area contributed by atoms with Crippen LogP contribution in [0.15, 0.2) is 59.1 Å². The molecule has 0 aliphatic heterocycles. The molecule has 0 saturated heterocycles. The van der Waals surface area contributed by atoms with E-state index in [0.717, 1.165) is 5.56 Å². The van der Waals surface area contributed by atoms with E-state index in [1.807, 2.05) is 37.3 Å². The van der Waals surface area contributed by atoms with Crippen molar-refractivity contribution in [2.45, 2.75) is 26.3 Å². The van der Waals surface area contributed by atoms with Crippen molar-refractivity contribution >= 4 is 5.91 Å². The molecule has 0 fully saturated rings. The molecular weight excluding hydrogens is 319 g/mol. The Morgan fingerprint density at radius 3 is 2.56 bits per heavy atom. The van der Waals surface area contributed by atoms with E-state index in [0.29, 0.717) is 29.0 Å². The van der Waals surface area contributed by atoms with Crippen LogP contribution in [0.25, 0.3) is 11.3 Å². The molecule has 0 aliphatic rings. The molecule has 5 heteroatoms. The monoisotopic (exact) mass is 338 g/mol. The van der Waals surface area contributed by atoms with Gasteiger partial charge in [0.1, 0.15) is 11.4 Å². The third-order valence-electron chi connectivity index (χ3n) is 3.99. The maximum Gasteiger partial charge on any atom is 0.257 e. The summed E-state index contributed by atoms with van der Waals surface area (Å²) < 4.78 is 19.1. The van der Waals surface area contributed by atoms with Gasteiger partial charge in [-0.25, -0.2) is 4.39 Å². The molecule has 1 atom stereocenters. The van der Waals surface area contributed by atoms with Gasteiger partial charge in [-0.3, -0.25) is 4.79 Å². The number of nitrogens with one attached hydrogen (secondary N) is 1. The summed E-state index contributed by atoms with van der Waals surface area (Å²) in [5, 5.41) is 6.83. The second-order valence-electron chi connectivity index (χ2n) is 6.01.